The first-order valence-corrected chi connectivity index (χ1v) is 7.48. The molecule has 1 aliphatic rings. The van der Waals surface area contributed by atoms with Crippen molar-refractivity contribution in [3.8, 4) is 0 Å². The molecule has 0 atom stereocenters. The Kier molecular flexibility index (Phi) is 5.41. The second kappa shape index (κ2) is 7.29. The number of carbonyl (C=O) groups excluding carboxylic acids is 1. The molecule has 0 saturated heterocycles. The second-order valence-corrected chi connectivity index (χ2v) is 5.54. The number of hydrogen-bond acceptors (Lipinski definition) is 3. The summed E-state index contributed by atoms with van der Waals surface area (Å²) in [5.41, 5.74) is 7.24. The number of benzene rings is 1. The maximum atomic E-state index is 12.5. The molecule has 0 unspecified atom stereocenters. The number of aliphatic hydroxyl groups is 1. The molecular weight excluding hydrogens is 252 g/mol. The van der Waals surface area contributed by atoms with Gasteiger partial charge in [0, 0.05) is 13.0 Å². The van der Waals surface area contributed by atoms with Crippen LogP contribution in [0.1, 0.15) is 38.5 Å². The second-order valence-electron chi connectivity index (χ2n) is 5.54. The fourth-order valence-corrected chi connectivity index (χ4v) is 2.96. The van der Waals surface area contributed by atoms with Crippen LogP contribution in [0.5, 0.6) is 0 Å². The SMILES string of the molecule is Nc1ccccc1N(CCO)C(=O)CC1CCCCC1. The van der Waals surface area contributed by atoms with Crippen molar-refractivity contribution >= 4 is 17.3 Å². The average molecular weight is 276 g/mol. The number of carbonyl (C=O) groups is 1. The summed E-state index contributed by atoms with van der Waals surface area (Å²) in [6.45, 7) is 0.254. The summed E-state index contributed by atoms with van der Waals surface area (Å²) in [6.07, 6.45) is 6.59. The molecule has 0 spiro atoms. The number of hydrogen-bond donors (Lipinski definition) is 2. The molecule has 4 nitrogen and oxygen atoms in total. The molecule has 0 radical (unpaired) electrons. The highest BCUT2D eigenvalue weighted by atomic mass is 16.3. The minimum atomic E-state index is -0.0509. The van der Waals surface area contributed by atoms with Gasteiger partial charge < -0.3 is 15.7 Å². The van der Waals surface area contributed by atoms with E-state index in [0.29, 0.717) is 30.3 Å². The van der Waals surface area contributed by atoms with Gasteiger partial charge in [0.25, 0.3) is 0 Å². The third-order valence-electron chi connectivity index (χ3n) is 4.04. The van der Waals surface area contributed by atoms with Gasteiger partial charge in [-0.25, -0.2) is 0 Å². The lowest BCUT2D eigenvalue weighted by molar-refractivity contribution is -0.119. The molecule has 0 aliphatic heterocycles. The van der Waals surface area contributed by atoms with Crippen LogP contribution >= 0.6 is 0 Å². The predicted molar refractivity (Wildman–Crippen MR) is 81.5 cm³/mol. The normalized spacial score (nSPS) is 16.1. The molecule has 4 heteroatoms. The van der Waals surface area contributed by atoms with Gasteiger partial charge in [-0.15, -0.1) is 0 Å². The monoisotopic (exact) mass is 276 g/mol. The molecule has 3 N–H and O–H groups in total. The molecule has 0 heterocycles. The standard InChI is InChI=1S/C16H24N2O2/c17-14-8-4-5-9-15(14)18(10-11-19)16(20)12-13-6-2-1-3-7-13/h4-5,8-9,13,19H,1-3,6-7,10-12,17H2. The van der Waals surface area contributed by atoms with Crippen LogP contribution in [0.2, 0.25) is 0 Å². The number of amides is 1. The van der Waals surface area contributed by atoms with Crippen molar-refractivity contribution in [3.05, 3.63) is 24.3 Å². The van der Waals surface area contributed by atoms with Crippen LogP contribution in [-0.4, -0.2) is 24.2 Å². The maximum absolute atomic E-state index is 12.5. The zero-order valence-corrected chi connectivity index (χ0v) is 11.9. The minimum Gasteiger partial charge on any atom is -0.397 e. The Labute approximate surface area is 120 Å². The number of para-hydroxylation sites is 2. The zero-order chi connectivity index (χ0) is 14.4. The van der Waals surface area contributed by atoms with E-state index in [1.165, 1.54) is 19.3 Å². The smallest absolute Gasteiger partial charge is 0.227 e. The van der Waals surface area contributed by atoms with Gasteiger partial charge in [0.1, 0.15) is 0 Å². The summed E-state index contributed by atoms with van der Waals surface area (Å²) >= 11 is 0. The van der Waals surface area contributed by atoms with Crippen LogP contribution in [0.4, 0.5) is 11.4 Å². The Hall–Kier alpha value is -1.55. The van der Waals surface area contributed by atoms with Crippen LogP contribution in [0.15, 0.2) is 24.3 Å². The molecule has 2 rings (SSSR count). The average Bonchev–Trinajstić information content (AvgIpc) is 2.47. The van der Waals surface area contributed by atoms with Crippen LogP contribution in [0, 0.1) is 5.92 Å². The predicted octanol–water partition coefficient (Wildman–Crippen LogP) is 2.56. The van der Waals surface area contributed by atoms with Gasteiger partial charge in [-0.05, 0) is 30.9 Å². The molecule has 1 amide bonds. The van der Waals surface area contributed by atoms with E-state index < -0.39 is 0 Å². The lowest BCUT2D eigenvalue weighted by atomic mass is 9.86. The maximum Gasteiger partial charge on any atom is 0.227 e. The number of nitrogen functional groups attached to an aromatic ring is 1. The van der Waals surface area contributed by atoms with Crippen molar-refractivity contribution in [2.75, 3.05) is 23.8 Å². The van der Waals surface area contributed by atoms with Gasteiger partial charge in [0.2, 0.25) is 5.91 Å². The van der Waals surface area contributed by atoms with E-state index >= 15 is 0 Å². The number of aliphatic hydroxyl groups excluding tert-OH is 1. The Balaban J connectivity index is 2.07. The fourth-order valence-electron chi connectivity index (χ4n) is 2.96. The van der Waals surface area contributed by atoms with Crippen molar-refractivity contribution in [2.45, 2.75) is 38.5 Å². The molecule has 20 heavy (non-hydrogen) atoms. The summed E-state index contributed by atoms with van der Waals surface area (Å²) in [7, 11) is 0. The van der Waals surface area contributed by atoms with Gasteiger partial charge >= 0.3 is 0 Å². The van der Waals surface area contributed by atoms with E-state index in [9.17, 15) is 9.90 Å². The van der Waals surface area contributed by atoms with Gasteiger partial charge in [0.05, 0.1) is 18.0 Å². The summed E-state index contributed by atoms with van der Waals surface area (Å²) in [5.74, 6) is 0.561. The zero-order valence-electron chi connectivity index (χ0n) is 11.9. The number of nitrogens with zero attached hydrogens (tertiary/aromatic N) is 1. The lowest BCUT2D eigenvalue weighted by Crippen LogP contribution is -2.35. The highest BCUT2D eigenvalue weighted by Gasteiger charge is 2.22. The summed E-state index contributed by atoms with van der Waals surface area (Å²) in [5, 5.41) is 9.21. The Morgan fingerprint density at radius 2 is 1.95 bits per heavy atom. The molecule has 0 aromatic heterocycles. The summed E-state index contributed by atoms with van der Waals surface area (Å²) < 4.78 is 0. The molecule has 1 fully saturated rings. The lowest BCUT2D eigenvalue weighted by Gasteiger charge is -2.27. The third-order valence-corrected chi connectivity index (χ3v) is 4.04. The first-order chi connectivity index (χ1) is 9.72. The molecule has 110 valence electrons. The van der Waals surface area contributed by atoms with Gasteiger partial charge in [0.15, 0.2) is 0 Å². The molecule has 1 aromatic carbocycles. The van der Waals surface area contributed by atoms with E-state index in [-0.39, 0.29) is 12.5 Å². The Morgan fingerprint density at radius 3 is 2.60 bits per heavy atom. The largest absolute Gasteiger partial charge is 0.397 e. The quantitative estimate of drug-likeness (QED) is 0.812. The topological polar surface area (TPSA) is 66.6 Å². The number of anilines is 2. The van der Waals surface area contributed by atoms with Crippen molar-refractivity contribution in [1.29, 1.82) is 0 Å². The van der Waals surface area contributed by atoms with E-state index in [1.54, 1.807) is 11.0 Å². The van der Waals surface area contributed by atoms with Crippen molar-refractivity contribution in [1.82, 2.24) is 0 Å². The summed E-state index contributed by atoms with van der Waals surface area (Å²) in [4.78, 5) is 14.1. The van der Waals surface area contributed by atoms with Crippen LogP contribution in [0.25, 0.3) is 0 Å². The van der Waals surface area contributed by atoms with Crippen LogP contribution in [0.3, 0.4) is 0 Å². The first kappa shape index (κ1) is 14.9. The van der Waals surface area contributed by atoms with Crippen molar-refractivity contribution < 1.29 is 9.90 Å². The Bertz CT molecular complexity index is 442. The molecule has 1 aliphatic carbocycles. The van der Waals surface area contributed by atoms with Gasteiger partial charge in [-0.2, -0.15) is 0 Å². The van der Waals surface area contributed by atoms with Gasteiger partial charge in [-0.1, -0.05) is 31.4 Å². The van der Waals surface area contributed by atoms with E-state index in [2.05, 4.69) is 0 Å². The Morgan fingerprint density at radius 1 is 1.25 bits per heavy atom. The third kappa shape index (κ3) is 3.73. The van der Waals surface area contributed by atoms with Crippen LogP contribution < -0.4 is 10.6 Å². The highest BCUT2D eigenvalue weighted by molar-refractivity contribution is 5.96. The molecule has 1 saturated carbocycles. The highest BCUT2D eigenvalue weighted by Crippen LogP contribution is 2.29. The van der Waals surface area contributed by atoms with Crippen molar-refractivity contribution in [3.63, 3.8) is 0 Å². The number of rotatable bonds is 5. The van der Waals surface area contributed by atoms with E-state index in [1.807, 2.05) is 18.2 Å². The van der Waals surface area contributed by atoms with Crippen LogP contribution in [-0.2, 0) is 4.79 Å². The molecular formula is C16H24N2O2. The van der Waals surface area contributed by atoms with E-state index in [4.69, 9.17) is 5.73 Å². The molecule has 1 aromatic rings. The van der Waals surface area contributed by atoms with Gasteiger partial charge in [-0.3, -0.25) is 4.79 Å². The van der Waals surface area contributed by atoms with E-state index in [0.717, 1.165) is 12.8 Å². The number of nitrogens with two attached hydrogens (primary N) is 1. The van der Waals surface area contributed by atoms with Crippen molar-refractivity contribution in [2.24, 2.45) is 5.92 Å². The minimum absolute atomic E-state index is 0.0509. The fraction of sp³-hybridized carbons (Fsp3) is 0.562. The first-order valence-electron chi connectivity index (χ1n) is 7.48. The summed E-state index contributed by atoms with van der Waals surface area (Å²) in [6, 6.07) is 7.34. The molecule has 0 bridgehead atoms.